The first-order chi connectivity index (χ1) is 5.79. The lowest BCUT2D eigenvalue weighted by Gasteiger charge is -2.31. The van der Waals surface area contributed by atoms with Crippen molar-refractivity contribution < 1.29 is 23.1 Å². The molecule has 1 amide bonds. The molecular formula is C6H7F3N2O2. The van der Waals surface area contributed by atoms with Crippen molar-refractivity contribution in [1.29, 1.82) is 0 Å². The number of aliphatic hydroxyl groups is 1. The molecule has 4 nitrogen and oxygen atoms in total. The van der Waals surface area contributed by atoms with E-state index in [2.05, 4.69) is 5.10 Å². The highest BCUT2D eigenvalue weighted by atomic mass is 19.4. The van der Waals surface area contributed by atoms with Gasteiger partial charge in [-0.15, -0.1) is 0 Å². The lowest BCUT2D eigenvalue weighted by molar-refractivity contribution is -0.301. The maximum atomic E-state index is 12.2. The van der Waals surface area contributed by atoms with Crippen LogP contribution in [0.15, 0.2) is 5.10 Å². The second-order valence-electron chi connectivity index (χ2n) is 2.65. The van der Waals surface area contributed by atoms with Crippen molar-refractivity contribution in [2.45, 2.75) is 25.2 Å². The zero-order chi connectivity index (χ0) is 10.3. The molecule has 0 bridgehead atoms. The van der Waals surface area contributed by atoms with Crippen LogP contribution in [-0.4, -0.2) is 34.1 Å². The van der Waals surface area contributed by atoms with Crippen LogP contribution in [0.4, 0.5) is 13.2 Å². The summed E-state index contributed by atoms with van der Waals surface area (Å²) in [7, 11) is 0. The highest BCUT2D eigenvalue weighted by molar-refractivity contribution is 5.78. The van der Waals surface area contributed by atoms with Crippen LogP contribution < -0.4 is 0 Å². The minimum Gasteiger partial charge on any atom is -0.362 e. The summed E-state index contributed by atoms with van der Waals surface area (Å²) in [6.07, 6.45) is -4.76. The van der Waals surface area contributed by atoms with Gasteiger partial charge in [0.2, 0.25) is 5.91 Å². The van der Waals surface area contributed by atoms with Crippen LogP contribution in [0, 0.1) is 0 Å². The van der Waals surface area contributed by atoms with Crippen molar-refractivity contribution in [2.24, 2.45) is 5.10 Å². The first-order valence-corrected chi connectivity index (χ1v) is 3.41. The van der Waals surface area contributed by atoms with Gasteiger partial charge in [-0.25, -0.2) is 0 Å². The average molecular weight is 196 g/mol. The van der Waals surface area contributed by atoms with Gasteiger partial charge in [0, 0.05) is 19.6 Å². The predicted molar refractivity (Wildman–Crippen MR) is 36.6 cm³/mol. The lowest BCUT2D eigenvalue weighted by Crippen LogP contribution is -2.56. The monoisotopic (exact) mass is 196 g/mol. The molecule has 0 aromatic heterocycles. The van der Waals surface area contributed by atoms with Crippen molar-refractivity contribution in [3.63, 3.8) is 0 Å². The molecule has 7 heteroatoms. The number of alkyl halides is 3. The van der Waals surface area contributed by atoms with Crippen LogP contribution in [-0.2, 0) is 4.79 Å². The number of hydrazone groups is 1. The summed E-state index contributed by atoms with van der Waals surface area (Å²) in [6.45, 7) is 0.902. The van der Waals surface area contributed by atoms with E-state index in [1.54, 1.807) is 0 Å². The molecule has 0 aromatic carbocycles. The summed E-state index contributed by atoms with van der Waals surface area (Å²) in [5.74, 6) is -0.950. The molecule has 1 heterocycles. The lowest BCUT2D eigenvalue weighted by atomic mass is 10.1. The Kier molecular flexibility index (Phi) is 2.07. The number of carbonyl (C=O) groups excluding carboxylic acids is 1. The van der Waals surface area contributed by atoms with Gasteiger partial charge in [0.15, 0.2) is 0 Å². The summed E-state index contributed by atoms with van der Waals surface area (Å²) in [5, 5.41) is 12.3. The highest BCUT2D eigenvalue weighted by Crippen LogP contribution is 2.38. The van der Waals surface area contributed by atoms with Gasteiger partial charge in [0.05, 0.1) is 0 Å². The Morgan fingerprint density at radius 3 is 2.54 bits per heavy atom. The summed E-state index contributed by atoms with van der Waals surface area (Å²) in [4.78, 5) is 10.7. The maximum Gasteiger partial charge on any atom is 0.438 e. The number of carbonyl (C=O) groups is 1. The fourth-order valence-corrected chi connectivity index (χ4v) is 1.01. The Morgan fingerprint density at radius 1 is 1.69 bits per heavy atom. The van der Waals surface area contributed by atoms with E-state index in [1.807, 2.05) is 0 Å². The Hall–Kier alpha value is -1.11. The molecule has 0 aliphatic carbocycles. The van der Waals surface area contributed by atoms with Crippen LogP contribution >= 0.6 is 0 Å². The van der Waals surface area contributed by atoms with Crippen molar-refractivity contribution in [1.82, 2.24) is 5.01 Å². The minimum absolute atomic E-state index is 0.0347. The molecular weight excluding hydrogens is 189 g/mol. The Bertz CT molecular complexity index is 263. The van der Waals surface area contributed by atoms with Crippen molar-refractivity contribution in [2.75, 3.05) is 0 Å². The molecule has 0 saturated heterocycles. The summed E-state index contributed by atoms with van der Waals surface area (Å²) in [5.41, 5.74) is -3.17. The van der Waals surface area contributed by atoms with E-state index in [9.17, 15) is 18.0 Å². The van der Waals surface area contributed by atoms with Gasteiger partial charge in [-0.05, 0) is 0 Å². The Morgan fingerprint density at radius 2 is 2.23 bits per heavy atom. The van der Waals surface area contributed by atoms with Crippen molar-refractivity contribution >= 4 is 12.1 Å². The minimum atomic E-state index is -4.89. The van der Waals surface area contributed by atoms with Gasteiger partial charge in [0.25, 0.3) is 5.72 Å². The fraction of sp³-hybridized carbons (Fsp3) is 0.667. The molecule has 0 aromatic rings. The normalized spacial score (nSPS) is 28.2. The van der Waals surface area contributed by atoms with Crippen LogP contribution in [0.2, 0.25) is 0 Å². The van der Waals surface area contributed by atoms with Gasteiger partial charge in [0.1, 0.15) is 0 Å². The fourth-order valence-electron chi connectivity index (χ4n) is 1.01. The molecule has 1 aliphatic heterocycles. The Balaban J connectivity index is 2.99. The number of hydrogen-bond donors (Lipinski definition) is 1. The first kappa shape index (κ1) is 9.97. The molecule has 1 aliphatic rings. The summed E-state index contributed by atoms with van der Waals surface area (Å²) >= 11 is 0. The summed E-state index contributed by atoms with van der Waals surface area (Å²) < 4.78 is 36.7. The second-order valence-corrected chi connectivity index (χ2v) is 2.65. The zero-order valence-corrected chi connectivity index (χ0v) is 6.67. The van der Waals surface area contributed by atoms with Crippen molar-refractivity contribution in [3.8, 4) is 0 Å². The van der Waals surface area contributed by atoms with E-state index in [-0.39, 0.29) is 5.01 Å². The average Bonchev–Trinajstić information content (AvgIpc) is 2.30. The number of hydrogen-bond acceptors (Lipinski definition) is 3. The summed E-state index contributed by atoms with van der Waals surface area (Å²) in [6, 6.07) is 0. The third-order valence-corrected chi connectivity index (χ3v) is 1.68. The predicted octanol–water partition coefficient (Wildman–Crippen LogP) is 0.475. The molecule has 0 saturated carbocycles. The van der Waals surface area contributed by atoms with Crippen LogP contribution in [0.5, 0.6) is 0 Å². The van der Waals surface area contributed by atoms with Crippen LogP contribution in [0.3, 0.4) is 0 Å². The van der Waals surface area contributed by atoms with E-state index < -0.39 is 24.2 Å². The third-order valence-electron chi connectivity index (χ3n) is 1.68. The molecule has 0 radical (unpaired) electrons. The van der Waals surface area contributed by atoms with E-state index in [0.717, 1.165) is 13.1 Å². The van der Waals surface area contributed by atoms with E-state index in [1.165, 1.54) is 0 Å². The molecule has 1 rings (SSSR count). The Labute approximate surface area is 71.6 Å². The van der Waals surface area contributed by atoms with Crippen LogP contribution in [0.25, 0.3) is 0 Å². The topological polar surface area (TPSA) is 52.9 Å². The number of halogens is 3. The molecule has 1 N–H and O–H groups in total. The third kappa shape index (κ3) is 1.39. The number of amides is 1. The van der Waals surface area contributed by atoms with E-state index >= 15 is 0 Å². The molecule has 0 fully saturated rings. The van der Waals surface area contributed by atoms with Crippen molar-refractivity contribution in [3.05, 3.63) is 0 Å². The molecule has 1 atom stereocenters. The van der Waals surface area contributed by atoms with Gasteiger partial charge < -0.3 is 5.11 Å². The molecule has 74 valence electrons. The molecule has 13 heavy (non-hydrogen) atoms. The SMILES string of the molecule is CC(=O)N1N=CCC1(O)C(F)(F)F. The van der Waals surface area contributed by atoms with Crippen LogP contribution in [0.1, 0.15) is 13.3 Å². The molecule has 1 unspecified atom stereocenters. The van der Waals surface area contributed by atoms with E-state index in [0.29, 0.717) is 0 Å². The zero-order valence-electron chi connectivity index (χ0n) is 6.67. The number of rotatable bonds is 0. The van der Waals surface area contributed by atoms with Gasteiger partial charge >= 0.3 is 6.18 Å². The largest absolute Gasteiger partial charge is 0.438 e. The quantitative estimate of drug-likeness (QED) is 0.612. The molecule has 0 spiro atoms. The smallest absolute Gasteiger partial charge is 0.362 e. The second kappa shape index (κ2) is 2.69. The number of nitrogens with zero attached hydrogens (tertiary/aromatic N) is 2. The highest BCUT2D eigenvalue weighted by Gasteiger charge is 2.60. The van der Waals surface area contributed by atoms with Gasteiger partial charge in [-0.2, -0.15) is 23.3 Å². The standard InChI is InChI=1S/C6H7F3N2O2/c1-4(12)11-5(13,2-3-10-11)6(7,8)9/h3,13H,2H2,1H3. The van der Waals surface area contributed by atoms with E-state index in [4.69, 9.17) is 5.11 Å². The van der Waals surface area contributed by atoms with Gasteiger partial charge in [-0.3, -0.25) is 4.79 Å². The first-order valence-electron chi connectivity index (χ1n) is 3.41. The van der Waals surface area contributed by atoms with Gasteiger partial charge in [-0.1, -0.05) is 0 Å². The maximum absolute atomic E-state index is 12.2.